The van der Waals surface area contributed by atoms with Crippen LogP contribution in [0.15, 0.2) is 46.9 Å². The summed E-state index contributed by atoms with van der Waals surface area (Å²) in [5.41, 5.74) is 3.11. The summed E-state index contributed by atoms with van der Waals surface area (Å²) in [5, 5.41) is 4.03. The first-order chi connectivity index (χ1) is 11.2. The Balaban J connectivity index is 1.75. The second kappa shape index (κ2) is 7.28. The highest BCUT2D eigenvalue weighted by molar-refractivity contribution is 9.10. The molecule has 0 spiro atoms. The lowest BCUT2D eigenvalue weighted by atomic mass is 10.1. The third-order valence-electron chi connectivity index (χ3n) is 3.56. The SMILES string of the molecule is CCNC1=CCOc2cc(OCc3cccc(Br)c3Cl)ccc21. The summed E-state index contributed by atoms with van der Waals surface area (Å²) in [6.45, 7) is 3.93. The van der Waals surface area contributed by atoms with Gasteiger partial charge in [-0.05, 0) is 47.1 Å². The Morgan fingerprint density at radius 3 is 3.00 bits per heavy atom. The van der Waals surface area contributed by atoms with Gasteiger partial charge in [0, 0.05) is 33.9 Å². The maximum atomic E-state index is 6.26. The largest absolute Gasteiger partial charge is 0.489 e. The number of halogens is 2. The molecule has 0 aromatic heterocycles. The molecule has 23 heavy (non-hydrogen) atoms. The number of benzene rings is 2. The lowest BCUT2D eigenvalue weighted by Gasteiger charge is -2.20. The maximum Gasteiger partial charge on any atom is 0.132 e. The fourth-order valence-corrected chi connectivity index (χ4v) is 3.03. The van der Waals surface area contributed by atoms with E-state index < -0.39 is 0 Å². The lowest BCUT2D eigenvalue weighted by molar-refractivity contribution is 0.301. The van der Waals surface area contributed by atoms with Gasteiger partial charge < -0.3 is 14.8 Å². The third kappa shape index (κ3) is 3.65. The predicted molar refractivity (Wildman–Crippen MR) is 97.1 cm³/mol. The van der Waals surface area contributed by atoms with Gasteiger partial charge in [-0.3, -0.25) is 0 Å². The van der Waals surface area contributed by atoms with Crippen LogP contribution in [0.25, 0.3) is 5.70 Å². The normalized spacial score (nSPS) is 12.9. The molecule has 120 valence electrons. The van der Waals surface area contributed by atoms with E-state index in [1.807, 2.05) is 42.5 Å². The first-order valence-corrected chi connectivity index (χ1v) is 8.63. The standard InChI is InChI=1S/C18H17BrClNO2/c1-2-21-16-8-9-22-17-10-13(6-7-14(16)17)23-11-12-4-3-5-15(19)18(12)20/h3-8,10,21H,2,9,11H2,1H3. The van der Waals surface area contributed by atoms with Gasteiger partial charge in [0.1, 0.15) is 24.7 Å². The van der Waals surface area contributed by atoms with E-state index in [9.17, 15) is 0 Å². The Bertz CT molecular complexity index is 746. The molecule has 0 unspecified atom stereocenters. The van der Waals surface area contributed by atoms with Crippen LogP contribution < -0.4 is 14.8 Å². The molecule has 1 heterocycles. The zero-order valence-electron chi connectivity index (χ0n) is 12.7. The van der Waals surface area contributed by atoms with E-state index >= 15 is 0 Å². The van der Waals surface area contributed by atoms with E-state index in [1.54, 1.807) is 0 Å². The molecule has 1 aliphatic heterocycles. The number of rotatable bonds is 5. The van der Waals surface area contributed by atoms with Crippen molar-refractivity contribution in [2.45, 2.75) is 13.5 Å². The van der Waals surface area contributed by atoms with Crippen LogP contribution in [0.2, 0.25) is 5.02 Å². The van der Waals surface area contributed by atoms with E-state index in [0.29, 0.717) is 18.2 Å². The van der Waals surface area contributed by atoms with E-state index in [-0.39, 0.29) is 0 Å². The molecule has 2 aromatic carbocycles. The van der Waals surface area contributed by atoms with Crippen LogP contribution in [-0.4, -0.2) is 13.2 Å². The summed E-state index contributed by atoms with van der Waals surface area (Å²) in [4.78, 5) is 0. The molecule has 3 nitrogen and oxygen atoms in total. The van der Waals surface area contributed by atoms with Crippen molar-refractivity contribution in [1.29, 1.82) is 0 Å². The van der Waals surface area contributed by atoms with E-state index in [2.05, 4.69) is 28.2 Å². The van der Waals surface area contributed by atoms with E-state index in [1.165, 1.54) is 0 Å². The highest BCUT2D eigenvalue weighted by Gasteiger charge is 2.14. The van der Waals surface area contributed by atoms with Crippen molar-refractivity contribution >= 4 is 33.2 Å². The summed E-state index contributed by atoms with van der Waals surface area (Å²) in [7, 11) is 0. The first kappa shape index (κ1) is 16.2. The minimum atomic E-state index is 0.410. The molecule has 0 aliphatic carbocycles. The molecule has 0 bridgehead atoms. The zero-order chi connectivity index (χ0) is 16.2. The number of hydrogen-bond acceptors (Lipinski definition) is 3. The van der Waals surface area contributed by atoms with Gasteiger partial charge in [0.25, 0.3) is 0 Å². The molecule has 0 radical (unpaired) electrons. The molecule has 2 aromatic rings. The highest BCUT2D eigenvalue weighted by Crippen LogP contribution is 2.33. The van der Waals surface area contributed by atoms with E-state index in [4.69, 9.17) is 21.1 Å². The van der Waals surface area contributed by atoms with E-state index in [0.717, 1.165) is 39.3 Å². The fraction of sp³-hybridized carbons (Fsp3) is 0.222. The summed E-state index contributed by atoms with van der Waals surface area (Å²) in [5.74, 6) is 1.60. The van der Waals surface area contributed by atoms with Crippen molar-refractivity contribution in [3.63, 3.8) is 0 Å². The molecule has 1 aliphatic rings. The van der Waals surface area contributed by atoms with Crippen molar-refractivity contribution in [1.82, 2.24) is 5.32 Å². The van der Waals surface area contributed by atoms with Crippen molar-refractivity contribution < 1.29 is 9.47 Å². The molecular formula is C18H17BrClNO2. The molecule has 0 fully saturated rings. The summed E-state index contributed by atoms with van der Waals surface area (Å²) in [6.07, 6.45) is 2.05. The van der Waals surface area contributed by atoms with Gasteiger partial charge in [-0.15, -0.1) is 0 Å². The highest BCUT2D eigenvalue weighted by atomic mass is 79.9. The minimum absolute atomic E-state index is 0.410. The average molecular weight is 395 g/mol. The molecular weight excluding hydrogens is 378 g/mol. The minimum Gasteiger partial charge on any atom is -0.489 e. The summed E-state index contributed by atoms with van der Waals surface area (Å²) in [6, 6.07) is 11.7. The van der Waals surface area contributed by atoms with Crippen LogP contribution in [0.4, 0.5) is 0 Å². The van der Waals surface area contributed by atoms with Gasteiger partial charge in [-0.2, -0.15) is 0 Å². The number of hydrogen-bond donors (Lipinski definition) is 1. The van der Waals surface area contributed by atoms with Crippen LogP contribution in [0.3, 0.4) is 0 Å². The maximum absolute atomic E-state index is 6.26. The van der Waals surface area contributed by atoms with Crippen molar-refractivity contribution in [3.8, 4) is 11.5 Å². The van der Waals surface area contributed by atoms with Crippen molar-refractivity contribution in [3.05, 3.63) is 63.1 Å². The fourth-order valence-electron chi connectivity index (χ4n) is 2.44. The second-order valence-corrected chi connectivity index (χ2v) is 6.35. The van der Waals surface area contributed by atoms with Crippen LogP contribution in [0, 0.1) is 0 Å². The predicted octanol–water partition coefficient (Wildman–Crippen LogP) is 5.02. The van der Waals surface area contributed by atoms with Crippen LogP contribution >= 0.6 is 27.5 Å². The Kier molecular flexibility index (Phi) is 5.13. The number of nitrogens with one attached hydrogen (secondary N) is 1. The van der Waals surface area contributed by atoms with Gasteiger partial charge in [0.15, 0.2) is 0 Å². The third-order valence-corrected chi connectivity index (χ3v) is 4.90. The number of fused-ring (bicyclic) bond motifs is 1. The monoisotopic (exact) mass is 393 g/mol. The Hall–Kier alpha value is -1.65. The Morgan fingerprint density at radius 1 is 1.30 bits per heavy atom. The van der Waals surface area contributed by atoms with Gasteiger partial charge in [-0.25, -0.2) is 0 Å². The van der Waals surface area contributed by atoms with Gasteiger partial charge >= 0.3 is 0 Å². The zero-order valence-corrected chi connectivity index (χ0v) is 15.1. The molecule has 5 heteroatoms. The van der Waals surface area contributed by atoms with Crippen molar-refractivity contribution in [2.75, 3.05) is 13.2 Å². The molecule has 0 saturated heterocycles. The van der Waals surface area contributed by atoms with Crippen LogP contribution in [0.1, 0.15) is 18.1 Å². The summed E-state index contributed by atoms with van der Waals surface area (Å²) >= 11 is 9.68. The average Bonchev–Trinajstić information content (AvgIpc) is 2.56. The molecule has 0 atom stereocenters. The van der Waals surface area contributed by atoms with Gasteiger partial charge in [0.2, 0.25) is 0 Å². The lowest BCUT2D eigenvalue weighted by Crippen LogP contribution is -2.16. The molecule has 1 N–H and O–H groups in total. The molecule has 0 saturated carbocycles. The van der Waals surface area contributed by atoms with Gasteiger partial charge in [-0.1, -0.05) is 23.7 Å². The molecule has 3 rings (SSSR count). The smallest absolute Gasteiger partial charge is 0.132 e. The first-order valence-electron chi connectivity index (χ1n) is 7.46. The Morgan fingerprint density at radius 2 is 2.17 bits per heavy atom. The number of ether oxygens (including phenoxy) is 2. The summed E-state index contributed by atoms with van der Waals surface area (Å²) < 4.78 is 12.4. The molecule has 0 amide bonds. The van der Waals surface area contributed by atoms with Crippen molar-refractivity contribution in [2.24, 2.45) is 0 Å². The second-order valence-electron chi connectivity index (χ2n) is 5.12. The topological polar surface area (TPSA) is 30.5 Å². The van der Waals surface area contributed by atoms with Crippen LogP contribution in [-0.2, 0) is 6.61 Å². The Labute approximate surface area is 149 Å². The van der Waals surface area contributed by atoms with Crippen LogP contribution in [0.5, 0.6) is 11.5 Å². The van der Waals surface area contributed by atoms with Gasteiger partial charge in [0.05, 0.1) is 5.02 Å². The quantitative estimate of drug-likeness (QED) is 0.772.